The summed E-state index contributed by atoms with van der Waals surface area (Å²) in [5.41, 5.74) is 3.87. The van der Waals surface area contributed by atoms with Gasteiger partial charge in [-0.25, -0.2) is 0 Å². The number of aliphatic hydroxyl groups excluding tert-OH is 1. The summed E-state index contributed by atoms with van der Waals surface area (Å²) < 4.78 is 0. The number of hydrogen-bond acceptors (Lipinski definition) is 2. The van der Waals surface area contributed by atoms with Crippen LogP contribution in [0.5, 0.6) is 0 Å². The fourth-order valence-corrected chi connectivity index (χ4v) is 3.67. The molecule has 2 aromatic rings. The Morgan fingerprint density at radius 1 is 1.29 bits per heavy atom. The first-order valence-electron chi connectivity index (χ1n) is 8.27. The van der Waals surface area contributed by atoms with Gasteiger partial charge in [-0.3, -0.25) is 4.79 Å². The number of rotatable bonds is 4. The second kappa shape index (κ2) is 6.96. The number of amides is 1. The van der Waals surface area contributed by atoms with E-state index in [0.717, 1.165) is 28.7 Å². The van der Waals surface area contributed by atoms with E-state index >= 15 is 0 Å². The molecule has 0 radical (unpaired) electrons. The van der Waals surface area contributed by atoms with Gasteiger partial charge in [-0.05, 0) is 48.1 Å². The highest BCUT2D eigenvalue weighted by Gasteiger charge is 2.34. The Labute approximate surface area is 147 Å². The van der Waals surface area contributed by atoms with Crippen molar-refractivity contribution in [2.75, 3.05) is 13.2 Å². The molecule has 1 aliphatic heterocycles. The second-order valence-electron chi connectivity index (χ2n) is 6.65. The Hall–Kier alpha value is -1.84. The number of aryl methyl sites for hydroxylation is 1. The second-order valence-corrected chi connectivity index (χ2v) is 7.05. The molecule has 0 saturated carbocycles. The summed E-state index contributed by atoms with van der Waals surface area (Å²) in [6.07, 6.45) is 0.739. The van der Waals surface area contributed by atoms with Crippen LogP contribution in [0.15, 0.2) is 42.5 Å². The van der Waals surface area contributed by atoms with Crippen LogP contribution in [0.3, 0.4) is 0 Å². The lowest BCUT2D eigenvalue weighted by molar-refractivity contribution is 0.0584. The maximum absolute atomic E-state index is 13.0. The molecule has 3 nitrogen and oxygen atoms in total. The summed E-state index contributed by atoms with van der Waals surface area (Å²) in [7, 11) is 0. The zero-order chi connectivity index (χ0) is 17.3. The third-order valence-electron chi connectivity index (χ3n) is 4.63. The predicted octanol–water partition coefficient (Wildman–Crippen LogP) is 4.02. The first-order chi connectivity index (χ1) is 11.5. The van der Waals surface area contributed by atoms with E-state index in [1.54, 1.807) is 0 Å². The Kier molecular flexibility index (Phi) is 4.93. The molecule has 1 aliphatic rings. The number of fused-ring (bicyclic) bond motifs is 1. The highest BCUT2D eigenvalue weighted by atomic mass is 35.5. The van der Waals surface area contributed by atoms with Crippen LogP contribution in [0.25, 0.3) is 0 Å². The monoisotopic (exact) mass is 343 g/mol. The van der Waals surface area contributed by atoms with E-state index in [1.165, 1.54) is 0 Å². The minimum Gasteiger partial charge on any atom is -0.396 e. The first-order valence-corrected chi connectivity index (χ1v) is 8.65. The summed E-state index contributed by atoms with van der Waals surface area (Å²) in [5.74, 6) is 0.0322. The summed E-state index contributed by atoms with van der Waals surface area (Å²) >= 11 is 6.49. The van der Waals surface area contributed by atoms with Crippen molar-refractivity contribution in [3.63, 3.8) is 0 Å². The Morgan fingerprint density at radius 3 is 2.75 bits per heavy atom. The van der Waals surface area contributed by atoms with Gasteiger partial charge in [-0.15, -0.1) is 0 Å². The quantitative estimate of drug-likeness (QED) is 0.911. The molecule has 0 aromatic heterocycles. The predicted molar refractivity (Wildman–Crippen MR) is 96.4 cm³/mol. The van der Waals surface area contributed by atoms with Crippen molar-refractivity contribution in [2.24, 2.45) is 5.92 Å². The smallest absolute Gasteiger partial charge is 0.254 e. The third kappa shape index (κ3) is 3.19. The van der Waals surface area contributed by atoms with Gasteiger partial charge in [0.05, 0.1) is 6.04 Å². The topological polar surface area (TPSA) is 40.5 Å². The van der Waals surface area contributed by atoms with Crippen LogP contribution < -0.4 is 0 Å². The molecular formula is C20H22ClNO2. The zero-order valence-electron chi connectivity index (χ0n) is 14.0. The average Bonchev–Trinajstić information content (AvgIpc) is 2.57. The lowest BCUT2D eigenvalue weighted by Crippen LogP contribution is -2.43. The molecule has 0 aliphatic carbocycles. The van der Waals surface area contributed by atoms with Crippen molar-refractivity contribution in [1.29, 1.82) is 0 Å². The molecule has 1 N–H and O–H groups in total. The number of hydrogen-bond donors (Lipinski definition) is 1. The summed E-state index contributed by atoms with van der Waals surface area (Å²) in [4.78, 5) is 14.9. The van der Waals surface area contributed by atoms with Gasteiger partial charge >= 0.3 is 0 Å². The molecule has 2 aromatic carbocycles. The molecule has 2 unspecified atom stereocenters. The van der Waals surface area contributed by atoms with Crippen molar-refractivity contribution >= 4 is 17.5 Å². The van der Waals surface area contributed by atoms with Crippen molar-refractivity contribution in [2.45, 2.75) is 26.3 Å². The molecule has 1 amide bonds. The van der Waals surface area contributed by atoms with Crippen LogP contribution in [0.4, 0.5) is 0 Å². The van der Waals surface area contributed by atoms with Gasteiger partial charge in [0.25, 0.3) is 5.91 Å². The molecule has 126 valence electrons. The SMILES string of the molecule is Cc1ccc(C2Cc3ccccc3C(=O)N2CC(C)CO)c(Cl)c1. The fourth-order valence-electron chi connectivity index (χ4n) is 3.31. The van der Waals surface area contributed by atoms with Crippen LogP contribution in [-0.2, 0) is 6.42 Å². The largest absolute Gasteiger partial charge is 0.396 e. The zero-order valence-corrected chi connectivity index (χ0v) is 14.8. The molecule has 0 saturated heterocycles. The van der Waals surface area contributed by atoms with Crippen LogP contribution >= 0.6 is 11.6 Å². The van der Waals surface area contributed by atoms with Gasteiger partial charge in [0.1, 0.15) is 0 Å². The minimum atomic E-state index is -0.102. The lowest BCUT2D eigenvalue weighted by Gasteiger charge is -2.38. The fraction of sp³-hybridized carbons (Fsp3) is 0.350. The summed E-state index contributed by atoms with van der Waals surface area (Å²) in [6, 6.07) is 13.6. The van der Waals surface area contributed by atoms with E-state index in [4.69, 9.17) is 11.6 Å². The van der Waals surface area contributed by atoms with Crippen molar-refractivity contribution < 1.29 is 9.90 Å². The standard InChI is InChI=1S/C20H22ClNO2/c1-13-7-8-17(18(21)9-13)19-10-15-5-3-4-6-16(15)20(24)22(19)11-14(2)12-23/h3-9,14,19,23H,10-12H2,1-2H3. The van der Waals surface area contributed by atoms with E-state index in [2.05, 4.69) is 0 Å². The number of benzene rings is 2. The average molecular weight is 344 g/mol. The number of carbonyl (C=O) groups is 1. The van der Waals surface area contributed by atoms with E-state index in [9.17, 15) is 9.90 Å². The molecule has 0 bridgehead atoms. The van der Waals surface area contributed by atoms with E-state index in [1.807, 2.05) is 61.2 Å². The normalized spacial score (nSPS) is 18.4. The Bertz CT molecular complexity index is 759. The number of halogens is 1. The van der Waals surface area contributed by atoms with Crippen LogP contribution in [0.1, 0.15) is 40.0 Å². The highest BCUT2D eigenvalue weighted by molar-refractivity contribution is 6.31. The van der Waals surface area contributed by atoms with E-state index < -0.39 is 0 Å². The third-order valence-corrected chi connectivity index (χ3v) is 4.96. The minimum absolute atomic E-state index is 0.0128. The molecule has 4 heteroatoms. The highest BCUT2D eigenvalue weighted by Crippen LogP contribution is 2.37. The Balaban J connectivity index is 2.05. The molecule has 3 rings (SSSR count). The van der Waals surface area contributed by atoms with Crippen molar-refractivity contribution in [1.82, 2.24) is 4.90 Å². The molecular weight excluding hydrogens is 322 g/mol. The molecule has 0 fully saturated rings. The summed E-state index contributed by atoms with van der Waals surface area (Å²) in [5, 5.41) is 10.1. The van der Waals surface area contributed by atoms with Crippen LogP contribution in [0, 0.1) is 12.8 Å². The van der Waals surface area contributed by atoms with E-state index in [-0.39, 0.29) is 24.5 Å². The van der Waals surface area contributed by atoms with Gasteiger partial charge < -0.3 is 10.0 Å². The number of carbonyl (C=O) groups excluding carboxylic acids is 1. The van der Waals surface area contributed by atoms with Gasteiger partial charge in [0.15, 0.2) is 0 Å². The maximum atomic E-state index is 13.0. The molecule has 24 heavy (non-hydrogen) atoms. The van der Waals surface area contributed by atoms with Crippen LogP contribution in [0.2, 0.25) is 5.02 Å². The molecule has 2 atom stereocenters. The van der Waals surface area contributed by atoms with Crippen molar-refractivity contribution in [3.05, 3.63) is 69.7 Å². The number of nitrogens with zero attached hydrogens (tertiary/aromatic N) is 1. The van der Waals surface area contributed by atoms with Gasteiger partial charge in [-0.2, -0.15) is 0 Å². The van der Waals surface area contributed by atoms with E-state index in [0.29, 0.717) is 11.6 Å². The number of aliphatic hydroxyl groups is 1. The summed E-state index contributed by atoms with van der Waals surface area (Å²) in [6.45, 7) is 4.52. The van der Waals surface area contributed by atoms with Gasteiger partial charge in [0, 0.05) is 23.7 Å². The maximum Gasteiger partial charge on any atom is 0.254 e. The van der Waals surface area contributed by atoms with Crippen molar-refractivity contribution in [3.8, 4) is 0 Å². The Morgan fingerprint density at radius 2 is 2.04 bits per heavy atom. The molecule has 1 heterocycles. The first kappa shape index (κ1) is 17.0. The van der Waals surface area contributed by atoms with Gasteiger partial charge in [0.2, 0.25) is 0 Å². The van der Waals surface area contributed by atoms with Crippen LogP contribution in [-0.4, -0.2) is 29.1 Å². The molecule has 0 spiro atoms. The lowest BCUT2D eigenvalue weighted by atomic mass is 9.88. The van der Waals surface area contributed by atoms with Gasteiger partial charge in [-0.1, -0.05) is 48.9 Å².